The molecule has 0 atom stereocenters. The lowest BCUT2D eigenvalue weighted by Crippen LogP contribution is -2.31. The Balaban J connectivity index is 1.52. The van der Waals surface area contributed by atoms with Crippen LogP contribution in [0.2, 0.25) is 0 Å². The highest BCUT2D eigenvalue weighted by molar-refractivity contribution is 7.14. The van der Waals surface area contributed by atoms with Gasteiger partial charge in [-0.3, -0.25) is 9.59 Å². The fourth-order valence-electron chi connectivity index (χ4n) is 3.77. The van der Waals surface area contributed by atoms with E-state index in [9.17, 15) is 9.59 Å². The van der Waals surface area contributed by atoms with Crippen LogP contribution in [0.3, 0.4) is 0 Å². The predicted octanol–water partition coefficient (Wildman–Crippen LogP) is 5.22. The lowest BCUT2D eigenvalue weighted by atomic mass is 10.1. The van der Waals surface area contributed by atoms with Crippen molar-refractivity contribution in [2.24, 2.45) is 0 Å². The van der Waals surface area contributed by atoms with Crippen LogP contribution in [0.4, 0.5) is 5.13 Å². The summed E-state index contributed by atoms with van der Waals surface area (Å²) in [4.78, 5) is 31.8. The fourth-order valence-corrected chi connectivity index (χ4v) is 4.63. The molecular weight excluding hydrogens is 458 g/mol. The van der Waals surface area contributed by atoms with E-state index in [0.29, 0.717) is 12.1 Å². The maximum atomic E-state index is 12.5. The SMILES string of the molecule is CN(CC(=O)O)C(=O)c1ccc(CN(CCc2ccccc2)c2nc(-c3ccccc3)cs2)cc1. The average Bonchev–Trinajstić information content (AvgIpc) is 3.37. The van der Waals surface area contributed by atoms with Gasteiger partial charge in [-0.2, -0.15) is 0 Å². The van der Waals surface area contributed by atoms with Crippen molar-refractivity contribution in [3.8, 4) is 11.3 Å². The first-order valence-electron chi connectivity index (χ1n) is 11.4. The molecule has 3 aromatic carbocycles. The molecule has 0 bridgehead atoms. The molecule has 0 aliphatic heterocycles. The second kappa shape index (κ2) is 11.4. The van der Waals surface area contributed by atoms with Gasteiger partial charge in [-0.1, -0.05) is 72.8 Å². The van der Waals surface area contributed by atoms with Gasteiger partial charge >= 0.3 is 5.97 Å². The van der Waals surface area contributed by atoms with Crippen LogP contribution in [-0.2, 0) is 17.8 Å². The Hall–Kier alpha value is -3.97. The van der Waals surface area contributed by atoms with Crippen LogP contribution in [0.25, 0.3) is 11.3 Å². The second-order valence-corrected chi connectivity index (χ2v) is 9.13. The summed E-state index contributed by atoms with van der Waals surface area (Å²) in [5, 5.41) is 12.0. The molecule has 7 heteroatoms. The summed E-state index contributed by atoms with van der Waals surface area (Å²) in [7, 11) is 1.49. The van der Waals surface area contributed by atoms with Crippen molar-refractivity contribution in [3.05, 3.63) is 107 Å². The maximum absolute atomic E-state index is 12.5. The van der Waals surface area contributed by atoms with Gasteiger partial charge in [0, 0.05) is 36.6 Å². The third-order valence-electron chi connectivity index (χ3n) is 5.64. The monoisotopic (exact) mass is 485 g/mol. The van der Waals surface area contributed by atoms with Crippen LogP contribution in [0, 0.1) is 0 Å². The first kappa shape index (κ1) is 24.2. The van der Waals surface area contributed by atoms with E-state index >= 15 is 0 Å². The average molecular weight is 486 g/mol. The fraction of sp³-hybridized carbons (Fsp3) is 0.179. The van der Waals surface area contributed by atoms with Crippen LogP contribution in [0.5, 0.6) is 0 Å². The largest absolute Gasteiger partial charge is 0.480 e. The summed E-state index contributed by atoms with van der Waals surface area (Å²) in [6.07, 6.45) is 0.887. The predicted molar refractivity (Wildman–Crippen MR) is 140 cm³/mol. The van der Waals surface area contributed by atoms with Crippen LogP contribution in [0.15, 0.2) is 90.3 Å². The van der Waals surface area contributed by atoms with E-state index in [1.807, 2.05) is 48.5 Å². The molecule has 4 aromatic rings. The minimum absolute atomic E-state index is 0.313. The summed E-state index contributed by atoms with van der Waals surface area (Å²) >= 11 is 1.62. The van der Waals surface area contributed by atoms with Crippen molar-refractivity contribution >= 4 is 28.3 Å². The number of benzene rings is 3. The molecule has 0 unspecified atom stereocenters. The van der Waals surface area contributed by atoms with Gasteiger partial charge in [-0.15, -0.1) is 11.3 Å². The maximum Gasteiger partial charge on any atom is 0.323 e. The number of nitrogens with zero attached hydrogens (tertiary/aromatic N) is 3. The Morgan fingerprint density at radius 2 is 1.54 bits per heavy atom. The molecule has 178 valence electrons. The molecule has 0 aliphatic carbocycles. The van der Waals surface area contributed by atoms with Crippen LogP contribution >= 0.6 is 11.3 Å². The van der Waals surface area contributed by atoms with Crippen LogP contribution in [-0.4, -0.2) is 47.0 Å². The Morgan fingerprint density at radius 1 is 0.886 bits per heavy atom. The molecule has 0 spiro atoms. The lowest BCUT2D eigenvalue weighted by molar-refractivity contribution is -0.137. The van der Waals surface area contributed by atoms with Crippen molar-refractivity contribution in [2.75, 3.05) is 25.0 Å². The third-order valence-corrected chi connectivity index (χ3v) is 6.54. The Bertz CT molecular complexity index is 1260. The van der Waals surface area contributed by atoms with Gasteiger partial charge in [0.25, 0.3) is 5.91 Å². The molecule has 1 heterocycles. The molecule has 1 aromatic heterocycles. The molecule has 1 amide bonds. The van der Waals surface area contributed by atoms with Gasteiger partial charge in [0.05, 0.1) is 5.69 Å². The highest BCUT2D eigenvalue weighted by atomic mass is 32.1. The topological polar surface area (TPSA) is 73.7 Å². The Morgan fingerprint density at radius 3 is 2.20 bits per heavy atom. The van der Waals surface area contributed by atoms with Crippen molar-refractivity contribution in [2.45, 2.75) is 13.0 Å². The van der Waals surface area contributed by atoms with Crippen molar-refractivity contribution in [3.63, 3.8) is 0 Å². The number of carboxylic acids is 1. The zero-order valence-electron chi connectivity index (χ0n) is 19.5. The molecule has 0 saturated carbocycles. The van der Waals surface area contributed by atoms with E-state index in [4.69, 9.17) is 10.1 Å². The van der Waals surface area contributed by atoms with Gasteiger partial charge in [0.2, 0.25) is 0 Å². The van der Waals surface area contributed by atoms with E-state index in [2.05, 4.69) is 34.5 Å². The van der Waals surface area contributed by atoms with Crippen molar-refractivity contribution in [1.82, 2.24) is 9.88 Å². The normalized spacial score (nSPS) is 10.7. The standard InChI is InChI=1S/C28H27N3O3S/c1-30(19-26(32)33)27(34)24-14-12-22(13-15-24)18-31(17-16-21-8-4-2-5-9-21)28-29-25(20-35-28)23-10-6-3-7-11-23/h2-15,20H,16-19H2,1H3,(H,32,33). The number of hydrogen-bond acceptors (Lipinski definition) is 5. The summed E-state index contributed by atoms with van der Waals surface area (Å²) in [6, 6.07) is 27.9. The number of carboxylic acid groups (broad SMARTS) is 1. The van der Waals surface area contributed by atoms with Gasteiger partial charge in [-0.05, 0) is 29.7 Å². The van der Waals surface area contributed by atoms with Crippen LogP contribution in [0.1, 0.15) is 21.5 Å². The quantitative estimate of drug-likeness (QED) is 0.334. The summed E-state index contributed by atoms with van der Waals surface area (Å²) in [5.41, 5.74) is 4.82. The third kappa shape index (κ3) is 6.55. The summed E-state index contributed by atoms with van der Waals surface area (Å²) in [6.45, 7) is 1.11. The molecule has 35 heavy (non-hydrogen) atoms. The number of aliphatic carboxylic acids is 1. The molecule has 4 rings (SSSR count). The number of rotatable bonds is 10. The molecule has 0 aliphatic rings. The van der Waals surface area contributed by atoms with Gasteiger partial charge in [0.1, 0.15) is 6.54 Å². The minimum atomic E-state index is -1.04. The number of anilines is 1. The summed E-state index contributed by atoms with van der Waals surface area (Å²) < 4.78 is 0. The zero-order valence-corrected chi connectivity index (χ0v) is 20.3. The first-order valence-corrected chi connectivity index (χ1v) is 12.2. The number of hydrogen-bond donors (Lipinski definition) is 1. The van der Waals surface area contributed by atoms with Gasteiger partial charge < -0.3 is 14.9 Å². The van der Waals surface area contributed by atoms with E-state index in [0.717, 1.165) is 34.9 Å². The van der Waals surface area contributed by atoms with Crippen molar-refractivity contribution in [1.29, 1.82) is 0 Å². The molecule has 0 radical (unpaired) electrons. The van der Waals surface area contributed by atoms with E-state index < -0.39 is 5.97 Å². The highest BCUT2D eigenvalue weighted by Gasteiger charge is 2.16. The number of aromatic nitrogens is 1. The zero-order chi connectivity index (χ0) is 24.6. The van der Waals surface area contributed by atoms with Gasteiger partial charge in [0.15, 0.2) is 5.13 Å². The van der Waals surface area contributed by atoms with E-state index in [1.54, 1.807) is 23.5 Å². The lowest BCUT2D eigenvalue weighted by Gasteiger charge is -2.22. The second-order valence-electron chi connectivity index (χ2n) is 8.29. The van der Waals surface area contributed by atoms with Gasteiger partial charge in [-0.25, -0.2) is 4.98 Å². The molecular formula is C28H27N3O3S. The summed E-state index contributed by atoms with van der Waals surface area (Å²) in [5.74, 6) is -1.35. The molecule has 0 saturated heterocycles. The highest BCUT2D eigenvalue weighted by Crippen LogP contribution is 2.28. The first-order chi connectivity index (χ1) is 17.0. The minimum Gasteiger partial charge on any atom is -0.480 e. The van der Waals surface area contributed by atoms with E-state index in [-0.39, 0.29) is 12.5 Å². The number of likely N-dealkylation sites (N-methyl/N-ethyl adjacent to an activating group) is 1. The Labute approximate surface area is 209 Å². The number of amides is 1. The number of thiazole rings is 1. The van der Waals surface area contributed by atoms with Crippen molar-refractivity contribution < 1.29 is 14.7 Å². The molecule has 6 nitrogen and oxygen atoms in total. The molecule has 1 N–H and O–H groups in total. The Kier molecular flexibility index (Phi) is 7.90. The van der Waals surface area contributed by atoms with E-state index in [1.165, 1.54) is 17.5 Å². The smallest absolute Gasteiger partial charge is 0.323 e. The number of carbonyl (C=O) groups excluding carboxylic acids is 1. The van der Waals surface area contributed by atoms with Crippen LogP contribution < -0.4 is 4.90 Å². The number of carbonyl (C=O) groups is 2. The molecule has 0 fully saturated rings.